The van der Waals surface area contributed by atoms with Gasteiger partial charge in [-0.2, -0.15) is 0 Å². The summed E-state index contributed by atoms with van der Waals surface area (Å²) in [6.07, 6.45) is 0. The van der Waals surface area contributed by atoms with Gasteiger partial charge in [-0.25, -0.2) is 4.79 Å². The van der Waals surface area contributed by atoms with E-state index < -0.39 is 0 Å². The van der Waals surface area contributed by atoms with E-state index in [0.717, 1.165) is 15.9 Å². The molecule has 0 atom stereocenters. The highest BCUT2D eigenvalue weighted by molar-refractivity contribution is 9.10. The normalized spacial score (nSPS) is 10.0. The second-order valence-electron chi connectivity index (χ2n) is 4.19. The first-order valence-electron chi connectivity index (χ1n) is 6.32. The molecule has 4 nitrogen and oxygen atoms in total. The third kappa shape index (κ3) is 5.65. The molecule has 2 aromatic rings. The largest absolute Gasteiger partial charge is 0.492 e. The standard InChI is InChI=1S/C15H14BrClN2O2/c16-11-1-5-13(6-2-11)19-15(20)18-9-10-21-14-7-3-12(17)4-8-14/h1-8H,9-10H2,(H2,18,19,20). The number of nitrogens with one attached hydrogen (secondary N) is 2. The molecular weight excluding hydrogens is 356 g/mol. The molecule has 0 heterocycles. The van der Waals surface area contributed by atoms with Crippen molar-refractivity contribution in [3.63, 3.8) is 0 Å². The monoisotopic (exact) mass is 368 g/mol. The number of carbonyl (C=O) groups is 1. The van der Waals surface area contributed by atoms with E-state index in [1.165, 1.54) is 0 Å². The minimum absolute atomic E-state index is 0.267. The van der Waals surface area contributed by atoms with E-state index in [2.05, 4.69) is 26.6 Å². The molecule has 0 aliphatic carbocycles. The zero-order chi connectivity index (χ0) is 15.1. The van der Waals surface area contributed by atoms with Crippen LogP contribution in [0.1, 0.15) is 0 Å². The van der Waals surface area contributed by atoms with Crippen molar-refractivity contribution in [2.45, 2.75) is 0 Å². The van der Waals surface area contributed by atoms with E-state index in [1.807, 2.05) is 24.3 Å². The van der Waals surface area contributed by atoms with E-state index >= 15 is 0 Å². The van der Waals surface area contributed by atoms with Crippen molar-refractivity contribution in [2.24, 2.45) is 0 Å². The van der Waals surface area contributed by atoms with Gasteiger partial charge in [-0.05, 0) is 48.5 Å². The molecule has 0 radical (unpaired) electrons. The first-order chi connectivity index (χ1) is 10.1. The highest BCUT2D eigenvalue weighted by atomic mass is 79.9. The van der Waals surface area contributed by atoms with Gasteiger partial charge in [0.15, 0.2) is 0 Å². The number of halogens is 2. The van der Waals surface area contributed by atoms with Gasteiger partial charge in [-0.1, -0.05) is 27.5 Å². The number of rotatable bonds is 5. The molecule has 0 aliphatic rings. The van der Waals surface area contributed by atoms with Gasteiger partial charge in [0.2, 0.25) is 0 Å². The molecule has 0 aliphatic heterocycles. The fourth-order valence-corrected chi connectivity index (χ4v) is 1.96. The lowest BCUT2D eigenvalue weighted by molar-refractivity contribution is 0.247. The maximum absolute atomic E-state index is 11.6. The van der Waals surface area contributed by atoms with E-state index in [-0.39, 0.29) is 6.03 Å². The molecule has 2 rings (SSSR count). The lowest BCUT2D eigenvalue weighted by atomic mass is 10.3. The van der Waals surface area contributed by atoms with Crippen molar-refractivity contribution in [1.82, 2.24) is 5.32 Å². The van der Waals surface area contributed by atoms with Crippen molar-refractivity contribution in [3.8, 4) is 5.75 Å². The molecule has 0 saturated heterocycles. The highest BCUT2D eigenvalue weighted by Gasteiger charge is 2.01. The van der Waals surface area contributed by atoms with E-state index in [4.69, 9.17) is 16.3 Å². The molecular formula is C15H14BrClN2O2. The molecule has 0 aromatic heterocycles. The quantitative estimate of drug-likeness (QED) is 0.772. The number of amides is 2. The number of ether oxygens (including phenoxy) is 1. The van der Waals surface area contributed by atoms with Crippen LogP contribution in [0.25, 0.3) is 0 Å². The average Bonchev–Trinajstić information content (AvgIpc) is 2.48. The number of benzene rings is 2. The number of hydrogen-bond donors (Lipinski definition) is 2. The first-order valence-corrected chi connectivity index (χ1v) is 7.49. The molecule has 6 heteroatoms. The van der Waals surface area contributed by atoms with Gasteiger partial charge in [0.05, 0.1) is 6.54 Å². The van der Waals surface area contributed by atoms with Gasteiger partial charge >= 0.3 is 6.03 Å². The van der Waals surface area contributed by atoms with Crippen molar-refractivity contribution in [3.05, 3.63) is 58.0 Å². The van der Waals surface area contributed by atoms with Crippen LogP contribution in [0.2, 0.25) is 5.02 Å². The highest BCUT2D eigenvalue weighted by Crippen LogP contribution is 2.15. The lowest BCUT2D eigenvalue weighted by Gasteiger charge is -2.09. The van der Waals surface area contributed by atoms with Crippen LogP contribution >= 0.6 is 27.5 Å². The van der Waals surface area contributed by atoms with Gasteiger partial charge in [-0.15, -0.1) is 0 Å². The Bertz CT molecular complexity index is 588. The van der Waals surface area contributed by atoms with Crippen LogP contribution in [-0.4, -0.2) is 19.2 Å². The Morgan fingerprint density at radius 1 is 1.10 bits per heavy atom. The maximum atomic E-state index is 11.6. The van der Waals surface area contributed by atoms with Crippen LogP contribution in [0.5, 0.6) is 5.75 Å². The summed E-state index contributed by atoms with van der Waals surface area (Å²) in [7, 11) is 0. The Kier molecular flexibility index (Phi) is 5.90. The zero-order valence-electron chi connectivity index (χ0n) is 11.1. The van der Waals surface area contributed by atoms with Gasteiger partial charge < -0.3 is 15.4 Å². The predicted molar refractivity (Wildman–Crippen MR) is 88.1 cm³/mol. The molecule has 2 N–H and O–H groups in total. The van der Waals surface area contributed by atoms with Crippen LogP contribution in [0.4, 0.5) is 10.5 Å². The summed E-state index contributed by atoms with van der Waals surface area (Å²) >= 11 is 9.11. The topological polar surface area (TPSA) is 50.4 Å². The Morgan fingerprint density at radius 3 is 2.43 bits per heavy atom. The van der Waals surface area contributed by atoms with Crippen molar-refractivity contribution in [1.29, 1.82) is 0 Å². The number of anilines is 1. The minimum Gasteiger partial charge on any atom is -0.492 e. The summed E-state index contributed by atoms with van der Waals surface area (Å²) in [5.74, 6) is 0.717. The fraction of sp³-hybridized carbons (Fsp3) is 0.133. The number of carbonyl (C=O) groups excluding carboxylic acids is 1. The summed E-state index contributed by atoms with van der Waals surface area (Å²) in [5.41, 5.74) is 0.731. The average molecular weight is 370 g/mol. The summed E-state index contributed by atoms with van der Waals surface area (Å²) in [4.78, 5) is 11.6. The van der Waals surface area contributed by atoms with Crippen LogP contribution in [0.15, 0.2) is 53.0 Å². The molecule has 110 valence electrons. The van der Waals surface area contributed by atoms with Crippen LogP contribution in [-0.2, 0) is 0 Å². The lowest BCUT2D eigenvalue weighted by Crippen LogP contribution is -2.32. The molecule has 2 aromatic carbocycles. The number of urea groups is 1. The summed E-state index contributed by atoms with van der Waals surface area (Å²) in [5, 5.41) is 6.11. The third-order valence-corrected chi connectivity index (χ3v) is 3.35. The van der Waals surface area contributed by atoms with E-state index in [1.54, 1.807) is 24.3 Å². The van der Waals surface area contributed by atoms with Crippen molar-refractivity contribution in [2.75, 3.05) is 18.5 Å². The zero-order valence-corrected chi connectivity index (χ0v) is 13.4. The van der Waals surface area contributed by atoms with Crippen LogP contribution in [0, 0.1) is 0 Å². The molecule has 0 spiro atoms. The molecule has 0 bridgehead atoms. The first kappa shape index (κ1) is 15.7. The van der Waals surface area contributed by atoms with E-state index in [9.17, 15) is 4.79 Å². The van der Waals surface area contributed by atoms with Crippen molar-refractivity contribution < 1.29 is 9.53 Å². The summed E-state index contributed by atoms with van der Waals surface area (Å²) < 4.78 is 6.43. The molecule has 21 heavy (non-hydrogen) atoms. The molecule has 0 unspecified atom stereocenters. The maximum Gasteiger partial charge on any atom is 0.319 e. The Labute approximate surface area is 136 Å². The van der Waals surface area contributed by atoms with Crippen LogP contribution in [0.3, 0.4) is 0 Å². The SMILES string of the molecule is O=C(NCCOc1ccc(Cl)cc1)Nc1ccc(Br)cc1. The second-order valence-corrected chi connectivity index (χ2v) is 5.54. The van der Waals surface area contributed by atoms with Crippen LogP contribution < -0.4 is 15.4 Å². The molecule has 0 saturated carbocycles. The smallest absolute Gasteiger partial charge is 0.319 e. The van der Waals surface area contributed by atoms with Gasteiger partial charge in [0, 0.05) is 15.2 Å². The Hall–Kier alpha value is -1.72. The summed E-state index contributed by atoms with van der Waals surface area (Å²) in [6.45, 7) is 0.792. The number of hydrogen-bond acceptors (Lipinski definition) is 2. The van der Waals surface area contributed by atoms with Gasteiger partial charge in [0.1, 0.15) is 12.4 Å². The fourth-order valence-electron chi connectivity index (χ4n) is 1.57. The molecule has 0 fully saturated rings. The molecule has 2 amide bonds. The van der Waals surface area contributed by atoms with Gasteiger partial charge in [-0.3, -0.25) is 0 Å². The third-order valence-electron chi connectivity index (χ3n) is 2.57. The predicted octanol–water partition coefficient (Wildman–Crippen LogP) is 4.30. The summed E-state index contributed by atoms with van der Waals surface area (Å²) in [6, 6.07) is 14.2. The van der Waals surface area contributed by atoms with E-state index in [0.29, 0.717) is 18.2 Å². The minimum atomic E-state index is -0.267. The van der Waals surface area contributed by atoms with Gasteiger partial charge in [0.25, 0.3) is 0 Å². The second kappa shape index (κ2) is 7.90. The Balaban J connectivity index is 1.67. The Morgan fingerprint density at radius 2 is 1.76 bits per heavy atom. The van der Waals surface area contributed by atoms with Crippen molar-refractivity contribution >= 4 is 39.2 Å².